The molecule has 0 aliphatic heterocycles. The van der Waals surface area contributed by atoms with Gasteiger partial charge in [-0.25, -0.2) is 0 Å². The minimum absolute atomic E-state index is 0.293. The van der Waals surface area contributed by atoms with Gasteiger partial charge in [0.1, 0.15) is 6.10 Å². The van der Waals surface area contributed by atoms with Crippen LogP contribution in [0.15, 0.2) is 35.5 Å². The number of aliphatic hydroxyl groups excluding tert-OH is 1. The zero-order chi connectivity index (χ0) is 8.97. The average molecular weight is 165 g/mol. The second-order valence-corrected chi connectivity index (χ2v) is 2.55. The molecule has 0 spiro atoms. The Morgan fingerprint density at radius 3 is 2.42 bits per heavy atom. The lowest BCUT2D eigenvalue weighted by atomic mass is 10.1. The normalized spacial score (nSPS) is 14.3. The summed E-state index contributed by atoms with van der Waals surface area (Å²) in [7, 11) is 0. The summed E-state index contributed by atoms with van der Waals surface area (Å²) in [4.78, 5) is 0. The Morgan fingerprint density at radius 1 is 1.33 bits per heavy atom. The van der Waals surface area contributed by atoms with Gasteiger partial charge < -0.3 is 10.3 Å². The highest BCUT2D eigenvalue weighted by atomic mass is 16.4. The fraction of sp³-hybridized carbons (Fsp3) is 0.222. The van der Waals surface area contributed by atoms with Crippen molar-refractivity contribution < 1.29 is 10.3 Å². The molecule has 1 atom stereocenters. The van der Waals surface area contributed by atoms with Crippen LogP contribution in [0, 0.1) is 0 Å². The Balaban J connectivity index is 2.86. The summed E-state index contributed by atoms with van der Waals surface area (Å²) in [5, 5.41) is 20.8. The molecular formula is C9H11NO2. The number of hydrogen-bond donors (Lipinski definition) is 2. The molecule has 0 heterocycles. The van der Waals surface area contributed by atoms with E-state index in [9.17, 15) is 5.11 Å². The van der Waals surface area contributed by atoms with Crippen LogP contribution in [0.2, 0.25) is 0 Å². The molecule has 0 aliphatic rings. The van der Waals surface area contributed by atoms with Gasteiger partial charge in [-0.3, -0.25) is 0 Å². The first-order valence-corrected chi connectivity index (χ1v) is 3.67. The molecule has 0 aromatic heterocycles. The van der Waals surface area contributed by atoms with Crippen molar-refractivity contribution >= 4 is 5.71 Å². The highest BCUT2D eigenvalue weighted by Crippen LogP contribution is 2.13. The van der Waals surface area contributed by atoms with Crippen molar-refractivity contribution in [1.29, 1.82) is 0 Å². The average Bonchev–Trinajstić information content (AvgIpc) is 2.17. The van der Waals surface area contributed by atoms with Crippen molar-refractivity contribution in [1.82, 2.24) is 0 Å². The molecule has 1 aromatic rings. The zero-order valence-corrected chi connectivity index (χ0v) is 6.81. The molecule has 1 aromatic carbocycles. The molecule has 0 saturated heterocycles. The number of hydrogen-bond acceptors (Lipinski definition) is 3. The Kier molecular flexibility index (Phi) is 2.82. The van der Waals surface area contributed by atoms with Crippen molar-refractivity contribution in [2.45, 2.75) is 13.0 Å². The van der Waals surface area contributed by atoms with E-state index in [0.717, 1.165) is 5.56 Å². The lowest BCUT2D eigenvalue weighted by molar-refractivity contribution is 0.234. The molecule has 2 N–H and O–H groups in total. The van der Waals surface area contributed by atoms with Crippen LogP contribution < -0.4 is 0 Å². The third kappa shape index (κ3) is 1.83. The lowest BCUT2D eigenvalue weighted by Crippen LogP contribution is -2.07. The molecule has 3 nitrogen and oxygen atoms in total. The van der Waals surface area contributed by atoms with Crippen LogP contribution in [-0.2, 0) is 0 Å². The van der Waals surface area contributed by atoms with E-state index in [0.29, 0.717) is 5.71 Å². The largest absolute Gasteiger partial charge is 0.411 e. The van der Waals surface area contributed by atoms with Crippen LogP contribution in [0.4, 0.5) is 0 Å². The van der Waals surface area contributed by atoms with E-state index in [1.807, 2.05) is 18.2 Å². The van der Waals surface area contributed by atoms with E-state index in [2.05, 4.69) is 5.16 Å². The van der Waals surface area contributed by atoms with Gasteiger partial charge in [-0.1, -0.05) is 35.5 Å². The van der Waals surface area contributed by atoms with Gasteiger partial charge in [0, 0.05) is 0 Å². The number of nitrogens with zero attached hydrogens (tertiary/aromatic N) is 1. The molecule has 0 saturated carbocycles. The molecule has 3 heteroatoms. The summed E-state index contributed by atoms with van der Waals surface area (Å²) >= 11 is 0. The third-order valence-electron chi connectivity index (χ3n) is 1.67. The van der Waals surface area contributed by atoms with E-state index in [1.165, 1.54) is 0 Å². The van der Waals surface area contributed by atoms with Gasteiger partial charge in [-0.15, -0.1) is 0 Å². The number of benzene rings is 1. The van der Waals surface area contributed by atoms with E-state index < -0.39 is 6.10 Å². The Morgan fingerprint density at radius 2 is 1.92 bits per heavy atom. The molecule has 0 radical (unpaired) electrons. The minimum atomic E-state index is -0.809. The lowest BCUT2D eigenvalue weighted by Gasteiger charge is -2.07. The Labute approximate surface area is 71.0 Å². The van der Waals surface area contributed by atoms with Crippen molar-refractivity contribution in [2.75, 3.05) is 0 Å². The van der Waals surface area contributed by atoms with Crippen LogP contribution in [0.1, 0.15) is 18.6 Å². The predicted molar refractivity (Wildman–Crippen MR) is 46.3 cm³/mol. The summed E-state index contributed by atoms with van der Waals surface area (Å²) in [5.74, 6) is 0. The standard InChI is InChI=1S/C9H11NO2/c1-7(10-12)9(11)8-5-3-2-4-6-8/h2-6,9,11-12H,1H3/t9-/m1/s1. The predicted octanol–water partition coefficient (Wildman–Crippen LogP) is 1.57. The van der Waals surface area contributed by atoms with Gasteiger partial charge in [0.15, 0.2) is 0 Å². The second-order valence-electron chi connectivity index (χ2n) is 2.55. The van der Waals surface area contributed by atoms with Gasteiger partial charge in [0.25, 0.3) is 0 Å². The summed E-state index contributed by atoms with van der Waals surface area (Å²) in [6, 6.07) is 9.06. The summed E-state index contributed by atoms with van der Waals surface area (Å²) < 4.78 is 0. The highest BCUT2D eigenvalue weighted by molar-refractivity contribution is 5.86. The summed E-state index contributed by atoms with van der Waals surface area (Å²) in [6.07, 6.45) is -0.809. The van der Waals surface area contributed by atoms with Crippen molar-refractivity contribution in [3.05, 3.63) is 35.9 Å². The number of oxime groups is 1. The molecule has 0 fully saturated rings. The number of rotatable bonds is 2. The molecule has 12 heavy (non-hydrogen) atoms. The van der Waals surface area contributed by atoms with Gasteiger partial charge in [-0.05, 0) is 12.5 Å². The van der Waals surface area contributed by atoms with Crippen LogP contribution in [0.3, 0.4) is 0 Å². The Bertz CT molecular complexity index is 269. The van der Waals surface area contributed by atoms with E-state index >= 15 is 0 Å². The fourth-order valence-electron chi connectivity index (χ4n) is 0.931. The molecule has 64 valence electrons. The van der Waals surface area contributed by atoms with E-state index in [1.54, 1.807) is 19.1 Å². The van der Waals surface area contributed by atoms with E-state index in [4.69, 9.17) is 5.21 Å². The maximum absolute atomic E-state index is 9.50. The van der Waals surface area contributed by atoms with Crippen molar-refractivity contribution in [2.24, 2.45) is 5.16 Å². The van der Waals surface area contributed by atoms with Gasteiger partial charge >= 0.3 is 0 Å². The quantitative estimate of drug-likeness (QED) is 0.397. The van der Waals surface area contributed by atoms with Crippen LogP contribution in [0.25, 0.3) is 0 Å². The fourth-order valence-corrected chi connectivity index (χ4v) is 0.931. The van der Waals surface area contributed by atoms with Crippen LogP contribution >= 0.6 is 0 Å². The van der Waals surface area contributed by atoms with Crippen LogP contribution in [-0.4, -0.2) is 16.0 Å². The highest BCUT2D eigenvalue weighted by Gasteiger charge is 2.09. The van der Waals surface area contributed by atoms with Crippen LogP contribution in [0.5, 0.6) is 0 Å². The third-order valence-corrected chi connectivity index (χ3v) is 1.67. The number of aliphatic hydroxyl groups is 1. The summed E-state index contributed by atoms with van der Waals surface area (Å²) in [6.45, 7) is 1.57. The van der Waals surface area contributed by atoms with Crippen molar-refractivity contribution in [3.63, 3.8) is 0 Å². The summed E-state index contributed by atoms with van der Waals surface area (Å²) in [5.41, 5.74) is 1.02. The molecular weight excluding hydrogens is 154 g/mol. The molecule has 1 rings (SSSR count). The SMILES string of the molecule is CC(=NO)[C@@H](O)c1ccccc1. The first-order valence-electron chi connectivity index (χ1n) is 3.67. The second kappa shape index (κ2) is 3.88. The minimum Gasteiger partial charge on any atom is -0.411 e. The topological polar surface area (TPSA) is 52.8 Å². The maximum Gasteiger partial charge on any atom is 0.120 e. The molecule has 0 unspecified atom stereocenters. The maximum atomic E-state index is 9.50. The first kappa shape index (κ1) is 8.74. The van der Waals surface area contributed by atoms with Gasteiger partial charge in [0.05, 0.1) is 5.71 Å². The van der Waals surface area contributed by atoms with Crippen molar-refractivity contribution in [3.8, 4) is 0 Å². The smallest absolute Gasteiger partial charge is 0.120 e. The first-order chi connectivity index (χ1) is 5.75. The zero-order valence-electron chi connectivity index (χ0n) is 6.81. The van der Waals surface area contributed by atoms with Gasteiger partial charge in [0.2, 0.25) is 0 Å². The Hall–Kier alpha value is -1.35. The molecule has 0 amide bonds. The van der Waals surface area contributed by atoms with E-state index in [-0.39, 0.29) is 0 Å². The molecule has 0 bridgehead atoms. The van der Waals surface area contributed by atoms with Gasteiger partial charge in [-0.2, -0.15) is 0 Å². The monoisotopic (exact) mass is 165 g/mol. The molecule has 0 aliphatic carbocycles.